The number of nitrogens with one attached hydrogen (secondary N) is 2. The quantitative estimate of drug-likeness (QED) is 0.538. The first kappa shape index (κ1) is 9.63. The van der Waals surface area contributed by atoms with E-state index in [1.54, 1.807) is 0 Å². The second-order valence-electron chi connectivity index (χ2n) is 2.42. The smallest absolute Gasteiger partial charge is 0.0420 e. The van der Waals surface area contributed by atoms with Crippen molar-refractivity contribution in [3.63, 3.8) is 0 Å². The highest BCUT2D eigenvalue weighted by Crippen LogP contribution is 2.08. The highest BCUT2D eigenvalue weighted by molar-refractivity contribution is 5.61. The zero-order chi connectivity index (χ0) is 7.98. The predicted molar refractivity (Wildman–Crippen MR) is 45.8 cm³/mol. The Morgan fingerprint density at radius 3 is 2.20 bits per heavy atom. The molecule has 2 atom stereocenters. The van der Waals surface area contributed by atoms with Crippen LogP contribution in [0, 0.1) is 5.41 Å². The van der Waals surface area contributed by atoms with E-state index in [2.05, 4.69) is 12.2 Å². The van der Waals surface area contributed by atoms with Crippen LogP contribution < -0.4 is 5.32 Å². The summed E-state index contributed by atoms with van der Waals surface area (Å²) in [5, 5.41) is 10.2. The van der Waals surface area contributed by atoms with E-state index in [-0.39, 0.29) is 0 Å². The fourth-order valence-corrected chi connectivity index (χ4v) is 1.09. The van der Waals surface area contributed by atoms with Crippen LogP contribution >= 0.6 is 0 Å². The average Bonchev–Trinajstić information content (AvgIpc) is 2.40. The molecule has 60 valence electrons. The number of hydrogen-bond acceptors (Lipinski definition) is 2. The van der Waals surface area contributed by atoms with Crippen molar-refractivity contribution in [1.29, 1.82) is 5.41 Å². The molecule has 0 aromatic rings. The van der Waals surface area contributed by atoms with Gasteiger partial charge in [-0.1, -0.05) is 13.8 Å². The third-order valence-corrected chi connectivity index (χ3v) is 1.61. The molecule has 0 radical (unpaired) electrons. The molecule has 1 fully saturated rings. The van der Waals surface area contributed by atoms with Crippen LogP contribution in [0.25, 0.3) is 0 Å². The Morgan fingerprint density at radius 1 is 1.40 bits per heavy atom. The van der Waals surface area contributed by atoms with E-state index in [9.17, 15) is 0 Å². The van der Waals surface area contributed by atoms with E-state index in [0.717, 1.165) is 6.42 Å². The van der Waals surface area contributed by atoms with Gasteiger partial charge in [-0.2, -0.15) is 0 Å². The third kappa shape index (κ3) is 2.97. The SMILES string of the molecule is CC.CC1CCC(C=N)N1. The molecule has 1 rings (SSSR count). The lowest BCUT2D eigenvalue weighted by Crippen LogP contribution is -2.27. The van der Waals surface area contributed by atoms with Crippen LogP contribution in [0.1, 0.15) is 33.6 Å². The van der Waals surface area contributed by atoms with E-state index < -0.39 is 0 Å². The Morgan fingerprint density at radius 2 is 2.00 bits per heavy atom. The molecule has 0 saturated carbocycles. The van der Waals surface area contributed by atoms with Gasteiger partial charge in [0.05, 0.1) is 0 Å². The van der Waals surface area contributed by atoms with Gasteiger partial charge in [-0.05, 0) is 19.8 Å². The van der Waals surface area contributed by atoms with Gasteiger partial charge in [-0.25, -0.2) is 0 Å². The van der Waals surface area contributed by atoms with Gasteiger partial charge in [0.25, 0.3) is 0 Å². The summed E-state index contributed by atoms with van der Waals surface area (Å²) in [4.78, 5) is 0. The Labute approximate surface area is 63.5 Å². The summed E-state index contributed by atoms with van der Waals surface area (Å²) in [5.41, 5.74) is 0. The van der Waals surface area contributed by atoms with Gasteiger partial charge in [-0.3, -0.25) is 0 Å². The highest BCUT2D eigenvalue weighted by atomic mass is 15.0. The van der Waals surface area contributed by atoms with E-state index in [1.807, 2.05) is 13.8 Å². The summed E-state index contributed by atoms with van der Waals surface area (Å²) >= 11 is 0. The second-order valence-corrected chi connectivity index (χ2v) is 2.42. The van der Waals surface area contributed by atoms with Crippen LogP contribution in [0.4, 0.5) is 0 Å². The first-order valence-electron chi connectivity index (χ1n) is 4.09. The van der Waals surface area contributed by atoms with E-state index in [0.29, 0.717) is 12.1 Å². The van der Waals surface area contributed by atoms with Crippen molar-refractivity contribution in [1.82, 2.24) is 5.32 Å². The van der Waals surface area contributed by atoms with Crippen molar-refractivity contribution < 1.29 is 0 Å². The molecule has 1 saturated heterocycles. The summed E-state index contributed by atoms with van der Waals surface area (Å²) in [6, 6.07) is 0.992. The van der Waals surface area contributed by atoms with Crippen LogP contribution in [0.3, 0.4) is 0 Å². The van der Waals surface area contributed by atoms with Crippen LogP contribution in [0.2, 0.25) is 0 Å². The van der Waals surface area contributed by atoms with Gasteiger partial charge < -0.3 is 10.7 Å². The normalized spacial score (nSPS) is 30.7. The summed E-state index contributed by atoms with van der Waals surface area (Å²) < 4.78 is 0. The maximum Gasteiger partial charge on any atom is 0.0420 e. The average molecular weight is 142 g/mol. The topological polar surface area (TPSA) is 35.9 Å². The molecule has 1 heterocycles. The minimum absolute atomic E-state index is 0.366. The Bertz CT molecular complexity index is 91.3. The monoisotopic (exact) mass is 142 g/mol. The zero-order valence-electron chi connectivity index (χ0n) is 7.15. The fourth-order valence-electron chi connectivity index (χ4n) is 1.09. The fraction of sp³-hybridized carbons (Fsp3) is 0.875. The lowest BCUT2D eigenvalue weighted by atomic mass is 10.2. The minimum Gasteiger partial charge on any atom is -0.311 e. The molecule has 1 aliphatic heterocycles. The van der Waals surface area contributed by atoms with Gasteiger partial charge in [0.2, 0.25) is 0 Å². The first-order valence-corrected chi connectivity index (χ1v) is 4.09. The Hall–Kier alpha value is -0.370. The lowest BCUT2D eigenvalue weighted by molar-refractivity contribution is 0.643. The van der Waals surface area contributed by atoms with Crippen molar-refractivity contribution in [2.45, 2.75) is 45.7 Å². The van der Waals surface area contributed by atoms with Crippen LogP contribution in [0.15, 0.2) is 0 Å². The van der Waals surface area contributed by atoms with Crippen molar-refractivity contribution >= 4 is 6.21 Å². The van der Waals surface area contributed by atoms with E-state index in [1.165, 1.54) is 12.6 Å². The largest absolute Gasteiger partial charge is 0.311 e. The molecule has 0 amide bonds. The van der Waals surface area contributed by atoms with Gasteiger partial charge in [0.1, 0.15) is 0 Å². The van der Waals surface area contributed by atoms with Crippen LogP contribution in [-0.2, 0) is 0 Å². The van der Waals surface area contributed by atoms with Crippen molar-refractivity contribution in [2.24, 2.45) is 0 Å². The molecule has 10 heavy (non-hydrogen) atoms. The van der Waals surface area contributed by atoms with Crippen molar-refractivity contribution in [3.8, 4) is 0 Å². The molecule has 0 aliphatic carbocycles. The molecule has 0 bridgehead atoms. The van der Waals surface area contributed by atoms with Crippen molar-refractivity contribution in [2.75, 3.05) is 0 Å². The third-order valence-electron chi connectivity index (χ3n) is 1.61. The van der Waals surface area contributed by atoms with Crippen LogP contribution in [0.5, 0.6) is 0 Å². The summed E-state index contributed by atoms with van der Waals surface area (Å²) in [6.45, 7) is 6.16. The van der Waals surface area contributed by atoms with E-state index in [4.69, 9.17) is 5.41 Å². The zero-order valence-corrected chi connectivity index (χ0v) is 7.15. The maximum atomic E-state index is 6.90. The molecular weight excluding hydrogens is 124 g/mol. The molecule has 2 heteroatoms. The van der Waals surface area contributed by atoms with Gasteiger partial charge in [0.15, 0.2) is 0 Å². The highest BCUT2D eigenvalue weighted by Gasteiger charge is 2.16. The lowest BCUT2D eigenvalue weighted by Gasteiger charge is -2.02. The summed E-state index contributed by atoms with van der Waals surface area (Å²) in [5.74, 6) is 0. The van der Waals surface area contributed by atoms with Gasteiger partial charge in [-0.15, -0.1) is 0 Å². The molecule has 0 aromatic carbocycles. The molecule has 2 nitrogen and oxygen atoms in total. The summed E-state index contributed by atoms with van der Waals surface area (Å²) in [7, 11) is 0. The molecule has 2 N–H and O–H groups in total. The second kappa shape index (κ2) is 5.42. The number of hydrogen-bond donors (Lipinski definition) is 2. The van der Waals surface area contributed by atoms with Gasteiger partial charge >= 0.3 is 0 Å². The number of rotatable bonds is 1. The minimum atomic E-state index is 0.366. The Kier molecular flexibility index (Phi) is 5.22. The first-order chi connectivity index (χ1) is 4.83. The standard InChI is InChI=1S/C6H12N2.C2H6/c1-5-2-3-6(4-7)8-5;1-2/h4-8H,2-3H2,1H3;1-2H3. The predicted octanol–water partition coefficient (Wildman–Crippen LogP) is 1.80. The molecule has 0 aromatic heterocycles. The van der Waals surface area contributed by atoms with Crippen molar-refractivity contribution in [3.05, 3.63) is 0 Å². The Balaban J connectivity index is 0.000000371. The summed E-state index contributed by atoms with van der Waals surface area (Å²) in [6.07, 6.45) is 3.86. The molecule has 1 aliphatic rings. The maximum absolute atomic E-state index is 6.90. The molecular formula is C8H18N2. The van der Waals surface area contributed by atoms with E-state index >= 15 is 0 Å². The molecule has 2 unspecified atom stereocenters. The van der Waals surface area contributed by atoms with Gasteiger partial charge in [0, 0.05) is 18.3 Å². The molecule has 0 spiro atoms. The van der Waals surface area contributed by atoms with Crippen LogP contribution in [-0.4, -0.2) is 18.3 Å².